The van der Waals surface area contributed by atoms with Crippen LogP contribution in [0.25, 0.3) is 0 Å². The highest BCUT2D eigenvalue weighted by molar-refractivity contribution is 8.32. The molecule has 3 rings (SSSR count). The molecule has 3 aromatic heterocycles. The van der Waals surface area contributed by atoms with Gasteiger partial charge in [0.15, 0.2) is 0 Å². The second-order valence-electron chi connectivity index (χ2n) is 4.15. The van der Waals surface area contributed by atoms with Gasteiger partial charge in [0.2, 0.25) is 0 Å². The Morgan fingerprint density at radius 2 is 0.909 bits per heavy atom. The standard InChI is InChI=1S/C16H13N3S3/c1-4-10-17-13(7-1)20-16(21-14-8-2-5-11-18-14)22-15-9-3-6-12-19-15/h1-12,16H. The summed E-state index contributed by atoms with van der Waals surface area (Å²) in [6, 6.07) is 17.9. The van der Waals surface area contributed by atoms with Crippen LogP contribution in [-0.2, 0) is 0 Å². The maximum Gasteiger partial charge on any atom is 0.114 e. The van der Waals surface area contributed by atoms with E-state index in [4.69, 9.17) is 0 Å². The maximum atomic E-state index is 4.40. The molecule has 3 nitrogen and oxygen atoms in total. The van der Waals surface area contributed by atoms with Crippen LogP contribution >= 0.6 is 35.3 Å². The predicted molar refractivity (Wildman–Crippen MR) is 94.1 cm³/mol. The quantitative estimate of drug-likeness (QED) is 0.471. The Morgan fingerprint density at radius 3 is 1.18 bits per heavy atom. The third kappa shape index (κ3) is 4.76. The van der Waals surface area contributed by atoms with Gasteiger partial charge in [0.05, 0.1) is 15.1 Å². The van der Waals surface area contributed by atoms with Crippen LogP contribution in [0.4, 0.5) is 0 Å². The summed E-state index contributed by atoms with van der Waals surface area (Å²) in [7, 11) is 0. The largest absolute Gasteiger partial charge is 0.250 e. The number of pyridine rings is 3. The molecule has 6 heteroatoms. The molecule has 22 heavy (non-hydrogen) atoms. The molecule has 0 saturated heterocycles. The first-order valence-corrected chi connectivity index (χ1v) is 9.27. The van der Waals surface area contributed by atoms with Crippen molar-refractivity contribution in [1.82, 2.24) is 15.0 Å². The molecular weight excluding hydrogens is 330 g/mol. The Morgan fingerprint density at radius 1 is 0.545 bits per heavy atom. The Labute approximate surface area is 142 Å². The van der Waals surface area contributed by atoms with Crippen LogP contribution in [0.1, 0.15) is 0 Å². The minimum atomic E-state index is 0.194. The minimum absolute atomic E-state index is 0.194. The van der Waals surface area contributed by atoms with Gasteiger partial charge in [-0.15, -0.1) is 0 Å². The summed E-state index contributed by atoms with van der Waals surface area (Å²) in [6.07, 6.45) is 5.45. The summed E-state index contributed by atoms with van der Waals surface area (Å²) >= 11 is 5.14. The summed E-state index contributed by atoms with van der Waals surface area (Å²) < 4.78 is 0.194. The van der Waals surface area contributed by atoms with E-state index >= 15 is 0 Å². The first kappa shape index (κ1) is 15.4. The second-order valence-corrected chi connectivity index (χ2v) is 8.42. The summed E-state index contributed by atoms with van der Waals surface area (Å²) in [6.45, 7) is 0. The zero-order valence-electron chi connectivity index (χ0n) is 11.6. The molecule has 0 spiro atoms. The third-order valence-electron chi connectivity index (χ3n) is 2.56. The fourth-order valence-corrected chi connectivity index (χ4v) is 5.40. The van der Waals surface area contributed by atoms with Gasteiger partial charge < -0.3 is 0 Å². The van der Waals surface area contributed by atoms with E-state index in [2.05, 4.69) is 15.0 Å². The lowest BCUT2D eigenvalue weighted by Crippen LogP contribution is -1.94. The van der Waals surface area contributed by atoms with Crippen molar-refractivity contribution < 1.29 is 0 Å². The number of rotatable bonds is 6. The zero-order chi connectivity index (χ0) is 15.0. The molecule has 3 aromatic rings. The second kappa shape index (κ2) is 8.22. The maximum absolute atomic E-state index is 4.40. The van der Waals surface area contributed by atoms with E-state index in [0.717, 1.165) is 15.1 Å². The highest BCUT2D eigenvalue weighted by Crippen LogP contribution is 2.43. The van der Waals surface area contributed by atoms with E-state index in [0.29, 0.717) is 0 Å². The van der Waals surface area contributed by atoms with E-state index in [9.17, 15) is 0 Å². The van der Waals surface area contributed by atoms with Crippen molar-refractivity contribution in [2.24, 2.45) is 0 Å². The molecule has 0 aliphatic rings. The monoisotopic (exact) mass is 343 g/mol. The molecule has 0 aliphatic heterocycles. The molecule has 0 N–H and O–H groups in total. The number of nitrogens with zero attached hydrogens (tertiary/aromatic N) is 3. The van der Waals surface area contributed by atoms with E-state index in [1.54, 1.807) is 35.3 Å². The van der Waals surface area contributed by atoms with Gasteiger partial charge in [-0.05, 0) is 36.4 Å². The number of hydrogen-bond donors (Lipinski definition) is 0. The molecule has 3 heterocycles. The molecule has 0 fully saturated rings. The molecule has 0 atom stereocenters. The SMILES string of the molecule is c1ccc(SC(Sc2ccccn2)Sc2ccccn2)nc1. The van der Waals surface area contributed by atoms with Crippen LogP contribution in [0, 0.1) is 0 Å². The van der Waals surface area contributed by atoms with Crippen molar-refractivity contribution in [2.75, 3.05) is 0 Å². The summed E-state index contributed by atoms with van der Waals surface area (Å²) in [5.74, 6) is 0. The number of aromatic nitrogens is 3. The Bertz CT molecular complexity index is 582. The van der Waals surface area contributed by atoms with Gasteiger partial charge in [0.25, 0.3) is 0 Å². The third-order valence-corrected chi connectivity index (χ3v) is 6.32. The van der Waals surface area contributed by atoms with Crippen molar-refractivity contribution >= 4 is 35.3 Å². The van der Waals surface area contributed by atoms with Crippen LogP contribution in [0.3, 0.4) is 0 Å². The highest BCUT2D eigenvalue weighted by atomic mass is 32.3. The van der Waals surface area contributed by atoms with Gasteiger partial charge in [-0.3, -0.25) is 0 Å². The fourth-order valence-electron chi connectivity index (χ4n) is 1.62. The molecule has 0 aromatic carbocycles. The molecule has 0 bridgehead atoms. The van der Waals surface area contributed by atoms with Crippen molar-refractivity contribution in [3.05, 3.63) is 73.2 Å². The van der Waals surface area contributed by atoms with E-state index < -0.39 is 0 Å². The molecule has 0 unspecified atom stereocenters. The van der Waals surface area contributed by atoms with E-state index in [1.165, 1.54) is 0 Å². The molecule has 0 amide bonds. The summed E-state index contributed by atoms with van der Waals surface area (Å²) in [5, 5.41) is 3.00. The summed E-state index contributed by atoms with van der Waals surface area (Å²) in [5.41, 5.74) is 0. The minimum Gasteiger partial charge on any atom is -0.250 e. The molecule has 0 aliphatic carbocycles. The number of thioether (sulfide) groups is 3. The van der Waals surface area contributed by atoms with E-state index in [1.807, 2.05) is 73.2 Å². The van der Waals surface area contributed by atoms with Crippen LogP contribution in [-0.4, -0.2) is 18.9 Å². The van der Waals surface area contributed by atoms with Crippen molar-refractivity contribution in [3.8, 4) is 0 Å². The van der Waals surface area contributed by atoms with Crippen LogP contribution in [0.5, 0.6) is 0 Å². The lowest BCUT2D eigenvalue weighted by Gasteiger charge is -2.14. The molecule has 0 radical (unpaired) electrons. The van der Waals surface area contributed by atoms with Crippen molar-refractivity contribution in [2.45, 2.75) is 19.0 Å². The van der Waals surface area contributed by atoms with Crippen LogP contribution in [0.15, 0.2) is 88.3 Å². The lowest BCUT2D eigenvalue weighted by molar-refractivity contribution is 1.12. The van der Waals surface area contributed by atoms with Gasteiger partial charge in [-0.25, -0.2) is 15.0 Å². The smallest absolute Gasteiger partial charge is 0.114 e. The normalized spacial score (nSPS) is 10.8. The average Bonchev–Trinajstić information content (AvgIpc) is 2.57. The fraction of sp³-hybridized carbons (Fsp3) is 0.0625. The Kier molecular flexibility index (Phi) is 5.75. The highest BCUT2D eigenvalue weighted by Gasteiger charge is 2.16. The van der Waals surface area contributed by atoms with Gasteiger partial charge >= 0.3 is 0 Å². The van der Waals surface area contributed by atoms with Gasteiger partial charge in [0.1, 0.15) is 3.91 Å². The van der Waals surface area contributed by atoms with Crippen LogP contribution in [0.2, 0.25) is 0 Å². The van der Waals surface area contributed by atoms with E-state index in [-0.39, 0.29) is 3.91 Å². The Hall–Kier alpha value is -1.50. The van der Waals surface area contributed by atoms with Crippen molar-refractivity contribution in [1.29, 1.82) is 0 Å². The van der Waals surface area contributed by atoms with Gasteiger partial charge in [-0.1, -0.05) is 53.5 Å². The molecule has 0 saturated carbocycles. The zero-order valence-corrected chi connectivity index (χ0v) is 14.0. The first-order valence-electron chi connectivity index (χ1n) is 6.63. The summed E-state index contributed by atoms with van der Waals surface area (Å²) in [4.78, 5) is 13.2. The lowest BCUT2D eigenvalue weighted by atomic mass is 10.5. The molecule has 110 valence electrons. The van der Waals surface area contributed by atoms with Crippen molar-refractivity contribution in [3.63, 3.8) is 0 Å². The first-order chi connectivity index (χ1) is 10.9. The van der Waals surface area contributed by atoms with Crippen LogP contribution < -0.4 is 0 Å². The predicted octanol–water partition coefficient (Wildman–Crippen LogP) is 4.83. The van der Waals surface area contributed by atoms with Gasteiger partial charge in [0, 0.05) is 18.6 Å². The van der Waals surface area contributed by atoms with Gasteiger partial charge in [-0.2, -0.15) is 0 Å². The molecular formula is C16H13N3S3. The number of hydrogen-bond acceptors (Lipinski definition) is 6. The Balaban J connectivity index is 1.75. The average molecular weight is 344 g/mol. The topological polar surface area (TPSA) is 38.7 Å².